The van der Waals surface area contributed by atoms with Crippen LogP contribution in [0.2, 0.25) is 0 Å². The van der Waals surface area contributed by atoms with E-state index in [2.05, 4.69) is 41.1 Å². The van der Waals surface area contributed by atoms with E-state index in [0.29, 0.717) is 5.96 Å². The van der Waals surface area contributed by atoms with Crippen LogP contribution >= 0.6 is 24.0 Å². The van der Waals surface area contributed by atoms with E-state index in [1.807, 2.05) is 0 Å². The molecule has 20 heavy (non-hydrogen) atoms. The first-order valence-electron chi connectivity index (χ1n) is 7.56. The molecule has 0 spiro atoms. The van der Waals surface area contributed by atoms with Crippen LogP contribution in [0, 0.1) is 0 Å². The Balaban J connectivity index is 0.00000361. The van der Waals surface area contributed by atoms with Crippen molar-refractivity contribution in [2.75, 3.05) is 46.8 Å². The van der Waals surface area contributed by atoms with Crippen LogP contribution in [0.1, 0.15) is 32.6 Å². The van der Waals surface area contributed by atoms with Gasteiger partial charge in [0.1, 0.15) is 0 Å². The lowest BCUT2D eigenvalue weighted by Gasteiger charge is -2.35. The third-order valence-electron chi connectivity index (χ3n) is 3.82. The predicted octanol–water partition coefficient (Wildman–Crippen LogP) is 1.33. The standard InChI is InChI=1S/C14H31N5.HI/c1-4-5-8-16-14(15)17-9-12-19-10-6-13(7-11-19)18(2)3;/h13H,4-12H2,1-3H3,(H3,15,16,17);1H. The molecule has 1 aliphatic heterocycles. The van der Waals surface area contributed by atoms with Gasteiger partial charge in [0.15, 0.2) is 5.96 Å². The van der Waals surface area contributed by atoms with Crippen molar-refractivity contribution in [3.05, 3.63) is 0 Å². The molecule has 0 bridgehead atoms. The molecular formula is C14H32IN5. The lowest BCUT2D eigenvalue weighted by molar-refractivity contribution is 0.147. The Bertz CT molecular complexity index is 262. The van der Waals surface area contributed by atoms with Crippen molar-refractivity contribution < 1.29 is 0 Å². The molecule has 0 aromatic carbocycles. The number of hydrogen-bond donors (Lipinski definition) is 2. The number of unbranched alkanes of at least 4 members (excludes halogenated alkanes) is 1. The average molecular weight is 397 g/mol. The van der Waals surface area contributed by atoms with Crippen molar-refractivity contribution in [1.82, 2.24) is 15.1 Å². The highest BCUT2D eigenvalue weighted by Gasteiger charge is 2.19. The lowest BCUT2D eigenvalue weighted by atomic mass is 10.0. The molecule has 1 aliphatic rings. The van der Waals surface area contributed by atoms with Gasteiger partial charge in [-0.15, -0.1) is 24.0 Å². The summed E-state index contributed by atoms with van der Waals surface area (Å²) in [5.74, 6) is 0.594. The summed E-state index contributed by atoms with van der Waals surface area (Å²) in [6, 6.07) is 0.755. The van der Waals surface area contributed by atoms with Crippen LogP contribution in [0.4, 0.5) is 0 Å². The van der Waals surface area contributed by atoms with Crippen LogP contribution in [0.5, 0.6) is 0 Å². The Kier molecular flexibility index (Phi) is 11.5. The number of nitrogens with two attached hydrogens (primary N) is 1. The normalized spacial score (nSPS) is 18.1. The van der Waals surface area contributed by atoms with Crippen molar-refractivity contribution in [2.45, 2.75) is 38.6 Å². The second kappa shape index (κ2) is 11.6. The maximum absolute atomic E-state index is 5.81. The maximum Gasteiger partial charge on any atom is 0.188 e. The molecule has 0 aromatic rings. The van der Waals surface area contributed by atoms with E-state index < -0.39 is 0 Å². The highest BCUT2D eigenvalue weighted by Crippen LogP contribution is 2.13. The van der Waals surface area contributed by atoms with Crippen LogP contribution in [0.15, 0.2) is 4.99 Å². The molecule has 0 aromatic heterocycles. The molecule has 1 heterocycles. The van der Waals surface area contributed by atoms with Crippen molar-refractivity contribution in [2.24, 2.45) is 10.7 Å². The van der Waals surface area contributed by atoms with E-state index in [1.165, 1.54) is 25.9 Å². The minimum Gasteiger partial charge on any atom is -0.370 e. The SMILES string of the molecule is CCCCN=C(N)NCCN1CCC(N(C)C)CC1.I. The minimum absolute atomic E-state index is 0. The third-order valence-corrected chi connectivity index (χ3v) is 3.82. The molecule has 120 valence electrons. The molecule has 3 N–H and O–H groups in total. The van der Waals surface area contributed by atoms with Gasteiger partial charge < -0.3 is 20.9 Å². The van der Waals surface area contributed by atoms with Gasteiger partial charge in [-0.3, -0.25) is 4.99 Å². The smallest absolute Gasteiger partial charge is 0.188 e. The Morgan fingerprint density at radius 3 is 2.55 bits per heavy atom. The van der Waals surface area contributed by atoms with Crippen LogP contribution in [-0.4, -0.2) is 68.6 Å². The molecule has 6 heteroatoms. The fourth-order valence-electron chi connectivity index (χ4n) is 2.41. The van der Waals surface area contributed by atoms with Crippen molar-refractivity contribution in [3.8, 4) is 0 Å². The van der Waals surface area contributed by atoms with Gasteiger partial charge in [0, 0.05) is 25.7 Å². The molecule has 0 radical (unpaired) electrons. The quantitative estimate of drug-likeness (QED) is 0.295. The number of aliphatic imine (C=N–C) groups is 1. The van der Waals surface area contributed by atoms with E-state index in [9.17, 15) is 0 Å². The third kappa shape index (κ3) is 8.26. The molecule has 5 nitrogen and oxygen atoms in total. The second-order valence-corrected chi connectivity index (χ2v) is 5.58. The van der Waals surface area contributed by atoms with E-state index in [4.69, 9.17) is 5.73 Å². The molecular weight excluding hydrogens is 365 g/mol. The maximum atomic E-state index is 5.81. The van der Waals surface area contributed by atoms with Crippen LogP contribution in [0.3, 0.4) is 0 Å². The summed E-state index contributed by atoms with van der Waals surface area (Å²) in [7, 11) is 4.35. The van der Waals surface area contributed by atoms with Gasteiger partial charge in [-0.05, 0) is 46.4 Å². The fraction of sp³-hybridized carbons (Fsp3) is 0.929. The van der Waals surface area contributed by atoms with Crippen molar-refractivity contribution in [1.29, 1.82) is 0 Å². The number of piperidine rings is 1. The van der Waals surface area contributed by atoms with E-state index >= 15 is 0 Å². The highest BCUT2D eigenvalue weighted by atomic mass is 127. The van der Waals surface area contributed by atoms with Gasteiger partial charge >= 0.3 is 0 Å². The van der Waals surface area contributed by atoms with E-state index in [1.54, 1.807) is 0 Å². The van der Waals surface area contributed by atoms with Crippen LogP contribution < -0.4 is 11.1 Å². The van der Waals surface area contributed by atoms with Gasteiger partial charge in [0.25, 0.3) is 0 Å². The minimum atomic E-state index is 0. The number of nitrogens with zero attached hydrogens (tertiary/aromatic N) is 3. The van der Waals surface area contributed by atoms with Gasteiger partial charge in [-0.1, -0.05) is 13.3 Å². The van der Waals surface area contributed by atoms with Crippen LogP contribution in [0.25, 0.3) is 0 Å². The molecule has 0 aliphatic carbocycles. The number of rotatable bonds is 7. The van der Waals surface area contributed by atoms with Crippen molar-refractivity contribution in [3.63, 3.8) is 0 Å². The van der Waals surface area contributed by atoms with Gasteiger partial charge in [-0.2, -0.15) is 0 Å². The summed E-state index contributed by atoms with van der Waals surface area (Å²) >= 11 is 0. The lowest BCUT2D eigenvalue weighted by Crippen LogP contribution is -2.45. The first kappa shape index (κ1) is 19.9. The summed E-state index contributed by atoms with van der Waals surface area (Å²) in [6.07, 6.45) is 4.82. The second-order valence-electron chi connectivity index (χ2n) is 5.58. The topological polar surface area (TPSA) is 56.9 Å². The molecule has 1 rings (SSSR count). The molecule has 0 unspecified atom stereocenters. The number of guanidine groups is 1. The summed E-state index contributed by atoms with van der Waals surface area (Å²) in [4.78, 5) is 9.14. The van der Waals surface area contributed by atoms with Gasteiger partial charge in [-0.25, -0.2) is 0 Å². The number of nitrogens with one attached hydrogen (secondary N) is 1. The first-order chi connectivity index (χ1) is 9.13. The zero-order valence-electron chi connectivity index (χ0n) is 13.3. The summed E-state index contributed by atoms with van der Waals surface area (Å²) in [6.45, 7) is 7.34. The molecule has 1 fully saturated rings. The van der Waals surface area contributed by atoms with Crippen LogP contribution in [-0.2, 0) is 0 Å². The molecule has 0 saturated carbocycles. The van der Waals surface area contributed by atoms with E-state index in [-0.39, 0.29) is 24.0 Å². The van der Waals surface area contributed by atoms with Gasteiger partial charge in [0.2, 0.25) is 0 Å². The monoisotopic (exact) mass is 397 g/mol. The molecule has 0 amide bonds. The zero-order valence-corrected chi connectivity index (χ0v) is 15.6. The summed E-state index contributed by atoms with van der Waals surface area (Å²) < 4.78 is 0. The molecule has 0 atom stereocenters. The zero-order chi connectivity index (χ0) is 14.1. The highest BCUT2D eigenvalue weighted by molar-refractivity contribution is 14.0. The largest absolute Gasteiger partial charge is 0.370 e. The Morgan fingerprint density at radius 1 is 1.35 bits per heavy atom. The van der Waals surface area contributed by atoms with E-state index in [0.717, 1.165) is 38.5 Å². The number of halogens is 1. The number of hydrogen-bond acceptors (Lipinski definition) is 3. The Hall–Kier alpha value is -0.0800. The predicted molar refractivity (Wildman–Crippen MR) is 98.0 cm³/mol. The number of likely N-dealkylation sites (tertiary alicyclic amines) is 1. The van der Waals surface area contributed by atoms with Crippen molar-refractivity contribution >= 4 is 29.9 Å². The Labute approximate surface area is 141 Å². The molecule has 1 saturated heterocycles. The summed E-state index contributed by atoms with van der Waals surface area (Å²) in [5, 5.41) is 3.20. The summed E-state index contributed by atoms with van der Waals surface area (Å²) in [5.41, 5.74) is 5.81. The van der Waals surface area contributed by atoms with Gasteiger partial charge in [0.05, 0.1) is 0 Å². The fourth-order valence-corrected chi connectivity index (χ4v) is 2.41. The first-order valence-corrected chi connectivity index (χ1v) is 7.56. The Morgan fingerprint density at radius 2 is 2.00 bits per heavy atom. The average Bonchev–Trinajstić information content (AvgIpc) is 2.39.